The quantitative estimate of drug-likeness (QED) is 0.197. The van der Waals surface area contributed by atoms with E-state index in [2.05, 4.69) is 9.97 Å². The van der Waals surface area contributed by atoms with Crippen LogP contribution < -0.4 is 4.74 Å². The molecule has 9 nitrogen and oxygen atoms in total. The Morgan fingerprint density at radius 2 is 1.83 bits per heavy atom. The first kappa shape index (κ1) is 30.8. The maximum Gasteiger partial charge on any atom is 0.335 e. The number of fused-ring (bicyclic) bond motifs is 1. The number of rotatable bonds is 10. The van der Waals surface area contributed by atoms with Crippen LogP contribution in [-0.2, 0) is 22.5 Å². The van der Waals surface area contributed by atoms with Crippen LogP contribution in [0.4, 0.5) is 13.2 Å². The van der Waals surface area contributed by atoms with Gasteiger partial charge < -0.3 is 23.9 Å². The summed E-state index contributed by atoms with van der Waals surface area (Å²) in [6, 6.07) is 17.1. The molecule has 2 atom stereocenters. The number of aromatic carboxylic acids is 1. The zero-order chi connectivity index (χ0) is 32.4. The van der Waals surface area contributed by atoms with Crippen molar-refractivity contribution in [3.63, 3.8) is 0 Å². The monoisotopic (exact) mass is 628 g/mol. The molecule has 12 heteroatoms. The Morgan fingerprint density at radius 3 is 2.57 bits per heavy atom. The average Bonchev–Trinajstić information content (AvgIpc) is 3.65. The fraction of sp³-hybridized carbons (Fsp3) is 0.235. The molecule has 0 spiro atoms. The second-order valence-electron chi connectivity index (χ2n) is 10.9. The number of methoxy groups -OCH3 is 1. The summed E-state index contributed by atoms with van der Waals surface area (Å²) < 4.78 is 64.2. The standard InChI is InChI=1S/C34H27F3N4O5/c1-44-16-23-17-45-18-31(23)41-30-11-21(34(42)43)6-8-29(30)39-32(41)12-22-10-27(37)24(13-26(22)36)28-9-7-25(35)33(40-28)46-15-20-4-2-19(14-38)3-5-20/h2-11,13,23,31H,12,15-18H2,1H3,(H,42,43)/t23-,31+/m0/s1. The van der Waals surface area contributed by atoms with E-state index < -0.39 is 23.4 Å². The smallest absolute Gasteiger partial charge is 0.335 e. The first-order chi connectivity index (χ1) is 22.2. The highest BCUT2D eigenvalue weighted by Gasteiger charge is 2.33. The van der Waals surface area contributed by atoms with Crippen molar-refractivity contribution in [1.29, 1.82) is 5.26 Å². The van der Waals surface area contributed by atoms with Gasteiger partial charge in [0, 0.05) is 25.0 Å². The van der Waals surface area contributed by atoms with Gasteiger partial charge in [0.15, 0.2) is 5.82 Å². The molecule has 5 aromatic rings. The van der Waals surface area contributed by atoms with Crippen molar-refractivity contribution in [3.05, 3.63) is 112 Å². The van der Waals surface area contributed by atoms with Gasteiger partial charge in [0.2, 0.25) is 0 Å². The second kappa shape index (κ2) is 13.0. The van der Waals surface area contributed by atoms with Gasteiger partial charge in [-0.15, -0.1) is 0 Å². The van der Waals surface area contributed by atoms with Crippen molar-refractivity contribution in [2.75, 3.05) is 26.9 Å². The highest BCUT2D eigenvalue weighted by molar-refractivity contribution is 5.92. The van der Waals surface area contributed by atoms with Crippen LogP contribution in [0.3, 0.4) is 0 Å². The summed E-state index contributed by atoms with van der Waals surface area (Å²) >= 11 is 0. The van der Waals surface area contributed by atoms with Crippen molar-refractivity contribution in [1.82, 2.24) is 14.5 Å². The maximum absolute atomic E-state index is 15.7. The van der Waals surface area contributed by atoms with E-state index in [4.69, 9.17) is 19.5 Å². The number of pyridine rings is 1. The number of nitriles is 1. The van der Waals surface area contributed by atoms with Gasteiger partial charge in [-0.2, -0.15) is 5.26 Å². The number of benzene rings is 3. The topological polar surface area (TPSA) is 119 Å². The van der Waals surface area contributed by atoms with Crippen LogP contribution in [0.15, 0.2) is 66.7 Å². The van der Waals surface area contributed by atoms with Gasteiger partial charge in [-0.05, 0) is 65.7 Å². The van der Waals surface area contributed by atoms with E-state index in [1.807, 2.05) is 10.6 Å². The van der Waals surface area contributed by atoms with Gasteiger partial charge in [-0.1, -0.05) is 12.1 Å². The lowest BCUT2D eigenvalue weighted by molar-refractivity contribution is 0.0697. The Balaban J connectivity index is 1.31. The van der Waals surface area contributed by atoms with Crippen LogP contribution in [0, 0.1) is 34.7 Å². The summed E-state index contributed by atoms with van der Waals surface area (Å²) in [7, 11) is 1.57. The molecule has 234 valence electrons. The highest BCUT2D eigenvalue weighted by atomic mass is 19.1. The fourth-order valence-electron chi connectivity index (χ4n) is 5.61. The third-order valence-corrected chi connectivity index (χ3v) is 7.92. The molecule has 0 bridgehead atoms. The van der Waals surface area contributed by atoms with Crippen molar-refractivity contribution >= 4 is 17.0 Å². The van der Waals surface area contributed by atoms with Crippen LogP contribution in [0.1, 0.15) is 38.9 Å². The molecule has 0 unspecified atom stereocenters. The summed E-state index contributed by atoms with van der Waals surface area (Å²) in [6.07, 6.45) is -0.105. The van der Waals surface area contributed by atoms with Gasteiger partial charge in [-0.3, -0.25) is 0 Å². The van der Waals surface area contributed by atoms with Gasteiger partial charge in [0.1, 0.15) is 24.1 Å². The number of halogens is 3. The molecule has 3 aromatic carbocycles. The Hall–Kier alpha value is -5.25. The van der Waals surface area contributed by atoms with Gasteiger partial charge in [0.05, 0.1) is 59.8 Å². The minimum Gasteiger partial charge on any atom is -0.478 e. The number of nitrogens with zero attached hydrogens (tertiary/aromatic N) is 4. The second-order valence-corrected chi connectivity index (χ2v) is 10.9. The van der Waals surface area contributed by atoms with E-state index in [0.717, 1.165) is 18.2 Å². The first-order valence-corrected chi connectivity index (χ1v) is 14.3. The van der Waals surface area contributed by atoms with E-state index in [0.29, 0.717) is 47.8 Å². The molecule has 1 aliphatic rings. The molecule has 0 aliphatic carbocycles. The predicted molar refractivity (Wildman–Crippen MR) is 160 cm³/mol. The van der Waals surface area contributed by atoms with Crippen molar-refractivity contribution in [2.24, 2.45) is 5.92 Å². The van der Waals surface area contributed by atoms with E-state index in [1.54, 1.807) is 37.4 Å². The van der Waals surface area contributed by atoms with Crippen LogP contribution in [-0.4, -0.2) is 52.5 Å². The summed E-state index contributed by atoms with van der Waals surface area (Å²) in [4.78, 5) is 20.5. The van der Waals surface area contributed by atoms with Gasteiger partial charge in [-0.25, -0.2) is 27.9 Å². The molecular weight excluding hydrogens is 601 g/mol. The molecule has 1 fully saturated rings. The molecule has 2 aromatic heterocycles. The third kappa shape index (κ3) is 6.15. The van der Waals surface area contributed by atoms with Crippen molar-refractivity contribution < 1.29 is 37.3 Å². The molecular formula is C34H27F3N4O5. The number of hydrogen-bond acceptors (Lipinski definition) is 7. The van der Waals surface area contributed by atoms with E-state index in [1.165, 1.54) is 18.2 Å². The average molecular weight is 629 g/mol. The zero-order valence-corrected chi connectivity index (χ0v) is 24.5. The number of carboxylic acid groups (broad SMARTS) is 1. The molecule has 3 heterocycles. The zero-order valence-electron chi connectivity index (χ0n) is 24.5. The number of aromatic nitrogens is 3. The molecule has 1 saturated heterocycles. The molecule has 1 aliphatic heterocycles. The largest absolute Gasteiger partial charge is 0.478 e. The lowest BCUT2D eigenvalue weighted by atomic mass is 10.0. The number of hydrogen-bond donors (Lipinski definition) is 1. The number of carbonyl (C=O) groups is 1. The van der Waals surface area contributed by atoms with Crippen LogP contribution in [0.5, 0.6) is 5.88 Å². The molecule has 1 N–H and O–H groups in total. The Kier molecular flexibility index (Phi) is 8.70. The van der Waals surface area contributed by atoms with Gasteiger partial charge in [0.25, 0.3) is 5.88 Å². The molecule has 46 heavy (non-hydrogen) atoms. The van der Waals surface area contributed by atoms with Gasteiger partial charge >= 0.3 is 5.97 Å². The Labute approximate surface area is 261 Å². The molecule has 0 amide bonds. The molecule has 0 saturated carbocycles. The molecule has 0 radical (unpaired) electrons. The summed E-state index contributed by atoms with van der Waals surface area (Å²) in [5.41, 5.74) is 2.02. The number of ether oxygens (including phenoxy) is 3. The lowest BCUT2D eigenvalue weighted by Gasteiger charge is -2.22. The Morgan fingerprint density at radius 1 is 1.02 bits per heavy atom. The third-order valence-electron chi connectivity index (χ3n) is 7.92. The fourth-order valence-corrected chi connectivity index (χ4v) is 5.61. The SMILES string of the molecule is COC[C@H]1COC[C@H]1n1c(Cc2cc(F)c(-c3ccc(F)c(OCc4ccc(C#N)cc4)n3)cc2F)nc2ccc(C(=O)O)cc21. The summed E-state index contributed by atoms with van der Waals surface area (Å²) in [5.74, 6) is -3.45. The van der Waals surface area contributed by atoms with E-state index in [-0.39, 0.29) is 53.3 Å². The minimum absolute atomic E-state index is 0.0119. The molecule has 6 rings (SSSR count). The van der Waals surface area contributed by atoms with Crippen molar-refractivity contribution in [3.8, 4) is 23.2 Å². The first-order valence-electron chi connectivity index (χ1n) is 14.3. The van der Waals surface area contributed by atoms with Crippen molar-refractivity contribution in [2.45, 2.75) is 19.1 Å². The highest BCUT2D eigenvalue weighted by Crippen LogP contribution is 2.34. The number of carboxylic acids is 1. The van der Waals surface area contributed by atoms with Crippen LogP contribution in [0.2, 0.25) is 0 Å². The lowest BCUT2D eigenvalue weighted by Crippen LogP contribution is -2.23. The summed E-state index contributed by atoms with van der Waals surface area (Å²) in [5, 5.41) is 18.5. The summed E-state index contributed by atoms with van der Waals surface area (Å²) in [6.45, 7) is 1.05. The minimum atomic E-state index is -1.10. The normalized spacial score (nSPS) is 16.1. The van der Waals surface area contributed by atoms with E-state index in [9.17, 15) is 14.3 Å². The van der Waals surface area contributed by atoms with Crippen LogP contribution in [0.25, 0.3) is 22.3 Å². The Bertz CT molecular complexity index is 1970. The predicted octanol–water partition coefficient (Wildman–Crippen LogP) is 6.09. The van der Waals surface area contributed by atoms with E-state index >= 15 is 8.78 Å². The van der Waals surface area contributed by atoms with Crippen LogP contribution >= 0.6 is 0 Å². The maximum atomic E-state index is 15.7. The number of imidazole rings is 1.